The summed E-state index contributed by atoms with van der Waals surface area (Å²) >= 11 is 0. The molecular weight excluding hydrogens is 429 g/mol. The van der Waals surface area contributed by atoms with E-state index < -0.39 is 38.2 Å². The molecule has 0 saturated heterocycles. The smallest absolute Gasteiger partial charge is 0.394 e. The van der Waals surface area contributed by atoms with E-state index in [0.717, 1.165) is 36.4 Å². The SMILES string of the molecule is Cc1cc(NC(=O)C(=O)O)ccc1Oc1ccc(O)c(S(=O)(=O)c2ccc(F)cc2)c1. The van der Waals surface area contributed by atoms with Gasteiger partial charge in [0.1, 0.15) is 28.0 Å². The van der Waals surface area contributed by atoms with E-state index in [1.165, 1.54) is 24.3 Å². The van der Waals surface area contributed by atoms with Crippen LogP contribution in [0.5, 0.6) is 17.2 Å². The molecule has 0 aliphatic heterocycles. The third kappa shape index (κ3) is 4.81. The number of sulfone groups is 1. The molecule has 0 fully saturated rings. The van der Waals surface area contributed by atoms with Gasteiger partial charge in [-0.3, -0.25) is 4.79 Å². The topological polar surface area (TPSA) is 130 Å². The zero-order valence-electron chi connectivity index (χ0n) is 16.0. The molecule has 0 aliphatic carbocycles. The number of ether oxygens (including phenoxy) is 1. The fraction of sp³-hybridized carbons (Fsp3) is 0.0476. The molecule has 3 aromatic rings. The van der Waals surface area contributed by atoms with E-state index in [4.69, 9.17) is 9.84 Å². The summed E-state index contributed by atoms with van der Waals surface area (Å²) in [5.41, 5.74) is 0.765. The van der Waals surface area contributed by atoms with Gasteiger partial charge in [-0.05, 0) is 67.1 Å². The van der Waals surface area contributed by atoms with Crippen LogP contribution in [0.25, 0.3) is 0 Å². The van der Waals surface area contributed by atoms with E-state index in [2.05, 4.69) is 5.32 Å². The Bertz CT molecular complexity index is 1270. The number of amides is 1. The summed E-state index contributed by atoms with van der Waals surface area (Å²) in [6.07, 6.45) is 0. The number of carbonyl (C=O) groups excluding carboxylic acids is 1. The van der Waals surface area contributed by atoms with Crippen molar-refractivity contribution in [2.24, 2.45) is 0 Å². The van der Waals surface area contributed by atoms with Crippen LogP contribution in [-0.2, 0) is 19.4 Å². The number of aryl methyl sites for hydroxylation is 1. The van der Waals surface area contributed by atoms with Crippen LogP contribution in [0.15, 0.2) is 70.5 Å². The van der Waals surface area contributed by atoms with E-state index in [9.17, 15) is 27.5 Å². The summed E-state index contributed by atoms with van der Waals surface area (Å²) in [5, 5.41) is 20.9. The van der Waals surface area contributed by atoms with Gasteiger partial charge in [0.05, 0.1) is 4.90 Å². The van der Waals surface area contributed by atoms with Gasteiger partial charge in [0.2, 0.25) is 9.84 Å². The van der Waals surface area contributed by atoms with Crippen LogP contribution in [0.4, 0.5) is 10.1 Å². The lowest BCUT2D eigenvalue weighted by Crippen LogP contribution is -2.21. The summed E-state index contributed by atoms with van der Waals surface area (Å²) in [4.78, 5) is 21.3. The molecule has 160 valence electrons. The molecule has 0 unspecified atom stereocenters. The Hall–Kier alpha value is -3.92. The molecule has 3 N–H and O–H groups in total. The van der Waals surface area contributed by atoms with Crippen LogP contribution >= 0.6 is 0 Å². The fourth-order valence-corrected chi connectivity index (χ4v) is 4.03. The fourth-order valence-electron chi connectivity index (χ4n) is 2.67. The van der Waals surface area contributed by atoms with E-state index in [1.54, 1.807) is 6.92 Å². The van der Waals surface area contributed by atoms with Crippen molar-refractivity contribution >= 4 is 27.4 Å². The predicted octanol–water partition coefficient (Wildman–Crippen LogP) is 3.49. The molecule has 3 rings (SSSR count). The molecule has 31 heavy (non-hydrogen) atoms. The van der Waals surface area contributed by atoms with E-state index in [-0.39, 0.29) is 16.3 Å². The number of phenols is 1. The third-order valence-electron chi connectivity index (χ3n) is 4.20. The number of hydrogen-bond acceptors (Lipinski definition) is 6. The number of carboxylic acid groups (broad SMARTS) is 1. The minimum Gasteiger partial charge on any atom is -0.507 e. The minimum absolute atomic E-state index is 0.101. The van der Waals surface area contributed by atoms with Crippen molar-refractivity contribution in [2.45, 2.75) is 16.7 Å². The predicted molar refractivity (Wildman–Crippen MR) is 107 cm³/mol. The highest BCUT2D eigenvalue weighted by molar-refractivity contribution is 7.91. The van der Waals surface area contributed by atoms with Crippen LogP contribution in [-0.4, -0.2) is 30.5 Å². The van der Waals surface area contributed by atoms with E-state index in [1.807, 2.05) is 0 Å². The Morgan fingerprint density at radius 1 is 1.00 bits per heavy atom. The van der Waals surface area contributed by atoms with Crippen molar-refractivity contribution in [1.29, 1.82) is 0 Å². The molecule has 0 aromatic heterocycles. The Labute approximate surface area is 176 Å². The molecular formula is C21H16FNO7S. The standard InChI is InChI=1S/C21H16FNO7S/c1-12-10-14(23-20(25)21(26)27)4-9-18(12)30-15-5-8-17(24)19(11-15)31(28,29)16-6-2-13(22)3-7-16/h2-11,24H,1H3,(H,23,25)(H,26,27). The zero-order chi connectivity index (χ0) is 22.8. The number of benzene rings is 3. The monoisotopic (exact) mass is 445 g/mol. The first kappa shape index (κ1) is 21.8. The van der Waals surface area contributed by atoms with Crippen molar-refractivity contribution in [2.75, 3.05) is 5.32 Å². The summed E-state index contributed by atoms with van der Waals surface area (Å²) < 4.78 is 44.4. The van der Waals surface area contributed by atoms with Crippen molar-refractivity contribution < 1.29 is 37.3 Å². The molecule has 0 heterocycles. The largest absolute Gasteiger partial charge is 0.507 e. The second-order valence-corrected chi connectivity index (χ2v) is 8.35. The van der Waals surface area contributed by atoms with Gasteiger partial charge in [-0.25, -0.2) is 17.6 Å². The number of carbonyl (C=O) groups is 2. The average molecular weight is 445 g/mol. The van der Waals surface area contributed by atoms with Crippen molar-refractivity contribution in [3.63, 3.8) is 0 Å². The van der Waals surface area contributed by atoms with Crippen molar-refractivity contribution in [1.82, 2.24) is 0 Å². The number of phenolic OH excluding ortho intramolecular Hbond substituents is 1. The molecule has 0 saturated carbocycles. The van der Waals surface area contributed by atoms with Gasteiger partial charge < -0.3 is 20.3 Å². The molecule has 8 nitrogen and oxygen atoms in total. The number of halogens is 1. The molecule has 0 bridgehead atoms. The first-order valence-corrected chi connectivity index (χ1v) is 10.2. The highest BCUT2D eigenvalue weighted by Gasteiger charge is 2.23. The van der Waals surface area contributed by atoms with Crippen LogP contribution in [0.2, 0.25) is 0 Å². The van der Waals surface area contributed by atoms with Gasteiger partial charge in [0, 0.05) is 11.8 Å². The van der Waals surface area contributed by atoms with Crippen LogP contribution in [0.3, 0.4) is 0 Å². The highest BCUT2D eigenvalue weighted by atomic mass is 32.2. The number of anilines is 1. The first-order valence-electron chi connectivity index (χ1n) is 8.74. The van der Waals surface area contributed by atoms with Gasteiger partial charge in [-0.15, -0.1) is 0 Å². The number of rotatable bonds is 5. The Morgan fingerprint density at radius 3 is 2.29 bits per heavy atom. The number of nitrogens with one attached hydrogen (secondary N) is 1. The lowest BCUT2D eigenvalue weighted by molar-refractivity contribution is -0.147. The Kier molecular flexibility index (Phi) is 5.93. The van der Waals surface area contributed by atoms with Gasteiger partial charge in [-0.2, -0.15) is 0 Å². The summed E-state index contributed by atoms with van der Waals surface area (Å²) in [6, 6.07) is 12.2. The van der Waals surface area contributed by atoms with Gasteiger partial charge in [0.25, 0.3) is 0 Å². The Balaban J connectivity index is 1.89. The third-order valence-corrected chi connectivity index (χ3v) is 6.00. The van der Waals surface area contributed by atoms with Crippen LogP contribution in [0, 0.1) is 12.7 Å². The lowest BCUT2D eigenvalue weighted by Gasteiger charge is -2.13. The lowest BCUT2D eigenvalue weighted by atomic mass is 10.2. The minimum atomic E-state index is -4.14. The summed E-state index contributed by atoms with van der Waals surface area (Å²) in [5.74, 6) is -3.51. The van der Waals surface area contributed by atoms with E-state index >= 15 is 0 Å². The molecule has 0 radical (unpaired) electrons. The number of aromatic hydroxyl groups is 1. The van der Waals surface area contributed by atoms with Gasteiger partial charge >= 0.3 is 11.9 Å². The summed E-state index contributed by atoms with van der Waals surface area (Å²) in [6.45, 7) is 1.64. The normalized spacial score (nSPS) is 11.0. The number of hydrogen-bond donors (Lipinski definition) is 3. The quantitative estimate of drug-likeness (QED) is 0.405. The second kappa shape index (κ2) is 8.44. The second-order valence-electron chi connectivity index (χ2n) is 6.43. The maximum Gasteiger partial charge on any atom is 0.394 e. The van der Waals surface area contributed by atoms with Crippen LogP contribution < -0.4 is 10.1 Å². The Morgan fingerprint density at radius 2 is 1.68 bits per heavy atom. The van der Waals surface area contributed by atoms with Gasteiger partial charge in [-0.1, -0.05) is 0 Å². The summed E-state index contributed by atoms with van der Waals surface area (Å²) in [7, 11) is -4.14. The average Bonchev–Trinajstić information content (AvgIpc) is 2.71. The molecule has 1 amide bonds. The number of aliphatic carboxylic acids is 1. The van der Waals surface area contributed by atoms with Crippen molar-refractivity contribution in [3.8, 4) is 17.2 Å². The zero-order valence-corrected chi connectivity index (χ0v) is 16.8. The van der Waals surface area contributed by atoms with Crippen molar-refractivity contribution in [3.05, 3.63) is 72.0 Å². The van der Waals surface area contributed by atoms with Gasteiger partial charge in [0.15, 0.2) is 0 Å². The molecule has 0 aliphatic rings. The van der Waals surface area contributed by atoms with Crippen LogP contribution in [0.1, 0.15) is 5.56 Å². The van der Waals surface area contributed by atoms with E-state index in [0.29, 0.717) is 11.3 Å². The number of carboxylic acids is 1. The molecule has 0 atom stereocenters. The highest BCUT2D eigenvalue weighted by Crippen LogP contribution is 2.35. The molecule has 10 heteroatoms. The maximum atomic E-state index is 13.1. The molecule has 3 aromatic carbocycles. The molecule has 0 spiro atoms. The first-order chi connectivity index (χ1) is 14.6. The maximum absolute atomic E-state index is 13.1.